The van der Waals surface area contributed by atoms with E-state index in [9.17, 15) is 0 Å². The van der Waals surface area contributed by atoms with E-state index in [-0.39, 0.29) is 5.41 Å². The molecule has 0 aliphatic rings. The third kappa shape index (κ3) is 6.05. The second kappa shape index (κ2) is 8.01. The van der Waals surface area contributed by atoms with Crippen molar-refractivity contribution < 1.29 is 0 Å². The first kappa shape index (κ1) is 16.6. The molecule has 1 rings (SSSR count). The summed E-state index contributed by atoms with van der Waals surface area (Å²) in [6.45, 7) is 13.3. The summed E-state index contributed by atoms with van der Waals surface area (Å²) in [6.07, 6.45) is 5.28. The van der Waals surface area contributed by atoms with Crippen LogP contribution in [0.25, 0.3) is 0 Å². The van der Waals surface area contributed by atoms with Gasteiger partial charge in [0.05, 0.1) is 10.7 Å². The van der Waals surface area contributed by atoms with Crippen molar-refractivity contribution in [2.45, 2.75) is 72.3 Å². The molecule has 1 aromatic rings. The SMILES string of the molecule is CCCCC(CC)CNCc1csc(C(C)(C)C)n1. The zero-order valence-electron chi connectivity index (χ0n) is 13.3. The van der Waals surface area contributed by atoms with E-state index in [1.165, 1.54) is 36.4 Å². The Morgan fingerprint density at radius 3 is 2.58 bits per heavy atom. The Labute approximate surface area is 123 Å². The van der Waals surface area contributed by atoms with Crippen LogP contribution in [0.15, 0.2) is 5.38 Å². The lowest BCUT2D eigenvalue weighted by molar-refractivity contribution is 0.418. The van der Waals surface area contributed by atoms with Gasteiger partial charge in [0.2, 0.25) is 0 Å². The van der Waals surface area contributed by atoms with E-state index in [0.717, 1.165) is 19.0 Å². The molecule has 3 heteroatoms. The van der Waals surface area contributed by atoms with Crippen molar-refractivity contribution >= 4 is 11.3 Å². The molecule has 19 heavy (non-hydrogen) atoms. The Balaban J connectivity index is 2.34. The van der Waals surface area contributed by atoms with Gasteiger partial charge in [-0.15, -0.1) is 11.3 Å². The van der Waals surface area contributed by atoms with E-state index in [2.05, 4.69) is 45.3 Å². The van der Waals surface area contributed by atoms with Gasteiger partial charge in [-0.25, -0.2) is 4.98 Å². The number of hydrogen-bond acceptors (Lipinski definition) is 3. The molecular weight excluding hydrogens is 252 g/mol. The molecule has 2 nitrogen and oxygen atoms in total. The Morgan fingerprint density at radius 2 is 2.05 bits per heavy atom. The molecule has 110 valence electrons. The predicted molar refractivity (Wildman–Crippen MR) is 85.8 cm³/mol. The molecule has 1 heterocycles. The van der Waals surface area contributed by atoms with Gasteiger partial charge < -0.3 is 5.32 Å². The van der Waals surface area contributed by atoms with Crippen LogP contribution in [-0.2, 0) is 12.0 Å². The van der Waals surface area contributed by atoms with Gasteiger partial charge in [0, 0.05) is 17.3 Å². The molecule has 0 saturated carbocycles. The lowest BCUT2D eigenvalue weighted by atomic mass is 9.98. The summed E-state index contributed by atoms with van der Waals surface area (Å²) in [7, 11) is 0. The topological polar surface area (TPSA) is 24.9 Å². The normalized spacial score (nSPS) is 13.7. The van der Waals surface area contributed by atoms with Crippen molar-refractivity contribution in [2.75, 3.05) is 6.54 Å². The van der Waals surface area contributed by atoms with Gasteiger partial charge in [-0.1, -0.05) is 53.9 Å². The van der Waals surface area contributed by atoms with Gasteiger partial charge in [-0.2, -0.15) is 0 Å². The van der Waals surface area contributed by atoms with Crippen molar-refractivity contribution in [3.05, 3.63) is 16.1 Å². The van der Waals surface area contributed by atoms with Crippen LogP contribution >= 0.6 is 11.3 Å². The number of rotatable bonds is 8. The third-order valence-electron chi connectivity index (χ3n) is 3.48. The van der Waals surface area contributed by atoms with Crippen LogP contribution in [0, 0.1) is 5.92 Å². The van der Waals surface area contributed by atoms with Gasteiger partial charge in [0.15, 0.2) is 0 Å². The average Bonchev–Trinajstić information content (AvgIpc) is 2.82. The molecule has 0 saturated heterocycles. The van der Waals surface area contributed by atoms with E-state index in [1.807, 2.05) is 0 Å². The molecule has 1 N–H and O–H groups in total. The number of thiazole rings is 1. The molecule has 0 radical (unpaired) electrons. The van der Waals surface area contributed by atoms with Crippen LogP contribution in [0.4, 0.5) is 0 Å². The van der Waals surface area contributed by atoms with E-state index in [1.54, 1.807) is 11.3 Å². The fourth-order valence-corrected chi connectivity index (χ4v) is 2.99. The minimum Gasteiger partial charge on any atom is -0.311 e. The van der Waals surface area contributed by atoms with Gasteiger partial charge in [0.1, 0.15) is 0 Å². The van der Waals surface area contributed by atoms with Gasteiger partial charge in [0.25, 0.3) is 0 Å². The maximum absolute atomic E-state index is 4.72. The lowest BCUT2D eigenvalue weighted by Gasteiger charge is -2.15. The zero-order chi connectivity index (χ0) is 14.3. The molecule has 0 amide bonds. The van der Waals surface area contributed by atoms with Gasteiger partial charge >= 0.3 is 0 Å². The summed E-state index contributed by atoms with van der Waals surface area (Å²) in [5, 5.41) is 7.00. The van der Waals surface area contributed by atoms with Crippen molar-refractivity contribution in [1.82, 2.24) is 10.3 Å². The van der Waals surface area contributed by atoms with Crippen LogP contribution in [0.3, 0.4) is 0 Å². The van der Waals surface area contributed by atoms with Crippen molar-refractivity contribution in [2.24, 2.45) is 5.92 Å². The molecule has 0 spiro atoms. The van der Waals surface area contributed by atoms with Crippen molar-refractivity contribution in [3.8, 4) is 0 Å². The van der Waals surface area contributed by atoms with Crippen LogP contribution < -0.4 is 5.32 Å². The number of unbranched alkanes of at least 4 members (excludes halogenated alkanes) is 1. The maximum Gasteiger partial charge on any atom is 0.0982 e. The molecule has 0 aliphatic carbocycles. The quantitative estimate of drug-likeness (QED) is 0.744. The smallest absolute Gasteiger partial charge is 0.0982 e. The van der Waals surface area contributed by atoms with E-state index in [4.69, 9.17) is 4.98 Å². The van der Waals surface area contributed by atoms with E-state index in [0.29, 0.717) is 0 Å². The summed E-state index contributed by atoms with van der Waals surface area (Å²) in [5.74, 6) is 0.820. The first-order valence-electron chi connectivity index (χ1n) is 7.63. The highest BCUT2D eigenvalue weighted by molar-refractivity contribution is 7.09. The van der Waals surface area contributed by atoms with Crippen LogP contribution in [0.2, 0.25) is 0 Å². The molecular formula is C16H30N2S. The Kier molecular flexibility index (Phi) is 7.01. The second-order valence-electron chi connectivity index (χ2n) is 6.44. The highest BCUT2D eigenvalue weighted by atomic mass is 32.1. The second-order valence-corrected chi connectivity index (χ2v) is 7.30. The first-order chi connectivity index (χ1) is 8.97. The van der Waals surface area contributed by atoms with Crippen LogP contribution in [0.1, 0.15) is 71.0 Å². The Bertz CT molecular complexity index is 352. The minimum atomic E-state index is 0.177. The summed E-state index contributed by atoms with van der Waals surface area (Å²) >= 11 is 1.78. The number of hydrogen-bond donors (Lipinski definition) is 1. The number of aromatic nitrogens is 1. The fourth-order valence-electron chi connectivity index (χ4n) is 2.08. The monoisotopic (exact) mass is 282 g/mol. The third-order valence-corrected chi connectivity index (χ3v) is 4.79. The standard InChI is InChI=1S/C16H30N2S/c1-6-8-9-13(7-2)10-17-11-14-12-19-15(18-14)16(3,4)5/h12-13,17H,6-11H2,1-5H3. The first-order valence-corrected chi connectivity index (χ1v) is 8.50. The lowest BCUT2D eigenvalue weighted by Crippen LogP contribution is -2.22. The Morgan fingerprint density at radius 1 is 1.32 bits per heavy atom. The summed E-state index contributed by atoms with van der Waals surface area (Å²) in [4.78, 5) is 4.72. The molecule has 0 aromatic carbocycles. The van der Waals surface area contributed by atoms with Crippen LogP contribution in [0.5, 0.6) is 0 Å². The summed E-state index contributed by atoms with van der Waals surface area (Å²) in [6, 6.07) is 0. The van der Waals surface area contributed by atoms with Crippen molar-refractivity contribution in [1.29, 1.82) is 0 Å². The largest absolute Gasteiger partial charge is 0.311 e. The van der Waals surface area contributed by atoms with Gasteiger partial charge in [-0.05, 0) is 18.9 Å². The van der Waals surface area contributed by atoms with E-state index < -0.39 is 0 Å². The summed E-state index contributed by atoms with van der Waals surface area (Å²) in [5.41, 5.74) is 1.37. The molecule has 1 aromatic heterocycles. The average molecular weight is 282 g/mol. The zero-order valence-corrected chi connectivity index (χ0v) is 14.1. The number of nitrogens with one attached hydrogen (secondary N) is 1. The Hall–Kier alpha value is -0.410. The maximum atomic E-state index is 4.72. The number of nitrogens with zero attached hydrogens (tertiary/aromatic N) is 1. The molecule has 0 bridgehead atoms. The summed E-state index contributed by atoms with van der Waals surface area (Å²) < 4.78 is 0. The molecule has 1 unspecified atom stereocenters. The highest BCUT2D eigenvalue weighted by Gasteiger charge is 2.17. The predicted octanol–water partition coefficient (Wildman–Crippen LogP) is 4.75. The molecule has 1 atom stereocenters. The highest BCUT2D eigenvalue weighted by Crippen LogP contribution is 2.25. The van der Waals surface area contributed by atoms with Gasteiger partial charge in [-0.3, -0.25) is 0 Å². The van der Waals surface area contributed by atoms with Crippen LogP contribution in [-0.4, -0.2) is 11.5 Å². The minimum absolute atomic E-state index is 0.177. The molecule has 0 aliphatic heterocycles. The fraction of sp³-hybridized carbons (Fsp3) is 0.812. The molecule has 0 fully saturated rings. The van der Waals surface area contributed by atoms with Crippen molar-refractivity contribution in [3.63, 3.8) is 0 Å². The van der Waals surface area contributed by atoms with E-state index >= 15 is 0 Å².